The molecule has 2 aliphatic heterocycles. The number of aryl methyl sites for hydroxylation is 2. The third-order valence-corrected chi connectivity index (χ3v) is 6.15. The van der Waals surface area contributed by atoms with E-state index in [1.807, 2.05) is 4.90 Å². The van der Waals surface area contributed by atoms with E-state index >= 15 is 0 Å². The van der Waals surface area contributed by atoms with Crippen molar-refractivity contribution in [1.82, 2.24) is 9.80 Å². The highest BCUT2D eigenvalue weighted by Crippen LogP contribution is 2.23. The van der Waals surface area contributed by atoms with Crippen LogP contribution < -0.4 is 5.01 Å². The van der Waals surface area contributed by atoms with Crippen molar-refractivity contribution in [2.75, 3.05) is 31.2 Å². The van der Waals surface area contributed by atoms with Crippen molar-refractivity contribution in [1.29, 1.82) is 0 Å². The highest BCUT2D eigenvalue weighted by Gasteiger charge is 2.30. The summed E-state index contributed by atoms with van der Waals surface area (Å²) in [5.41, 5.74) is 4.98. The largest absolute Gasteiger partial charge is 0.335 e. The van der Waals surface area contributed by atoms with Gasteiger partial charge in [0.05, 0.1) is 5.69 Å². The second-order valence-corrected chi connectivity index (χ2v) is 8.66. The Labute approximate surface area is 188 Å². The minimum absolute atomic E-state index is 0.0716. The normalized spacial score (nSPS) is 17.6. The second-order valence-electron chi connectivity index (χ2n) is 8.23. The molecule has 0 spiro atoms. The molecule has 0 N–H and O–H groups in total. The van der Waals surface area contributed by atoms with E-state index in [9.17, 15) is 9.59 Å². The van der Waals surface area contributed by atoms with Crippen molar-refractivity contribution in [2.45, 2.75) is 33.2 Å². The maximum atomic E-state index is 13.1. The minimum atomic E-state index is -0.114. The van der Waals surface area contributed by atoms with Crippen molar-refractivity contribution >= 4 is 34.8 Å². The number of hydrogen-bond donors (Lipinski definition) is 0. The summed E-state index contributed by atoms with van der Waals surface area (Å²) in [5.74, 6) is -0.185. The van der Waals surface area contributed by atoms with Gasteiger partial charge in [-0.1, -0.05) is 35.4 Å². The molecule has 4 rings (SSSR count). The van der Waals surface area contributed by atoms with Gasteiger partial charge in [-0.25, -0.2) is 5.01 Å². The third-order valence-electron chi connectivity index (χ3n) is 5.90. The van der Waals surface area contributed by atoms with Gasteiger partial charge in [-0.05, 0) is 49.2 Å². The zero-order valence-electron chi connectivity index (χ0n) is 18.0. The van der Waals surface area contributed by atoms with E-state index in [0.717, 1.165) is 19.6 Å². The van der Waals surface area contributed by atoms with Crippen LogP contribution in [0, 0.1) is 13.8 Å². The molecule has 2 heterocycles. The summed E-state index contributed by atoms with van der Waals surface area (Å²) < 4.78 is 0. The van der Waals surface area contributed by atoms with Crippen molar-refractivity contribution < 1.29 is 9.59 Å². The SMILES string of the molecule is Cc1ccc(CN2CCN(C(=O)C3=NN(c4ccc(Cl)cc4)C(=O)CC3)CC2)c(C)c1. The van der Waals surface area contributed by atoms with Crippen LogP contribution in [-0.2, 0) is 16.1 Å². The molecule has 2 aromatic carbocycles. The van der Waals surface area contributed by atoms with Crippen molar-refractivity contribution in [3.8, 4) is 0 Å². The molecule has 2 aromatic rings. The predicted octanol–water partition coefficient (Wildman–Crippen LogP) is 3.78. The summed E-state index contributed by atoms with van der Waals surface area (Å²) in [5, 5.41) is 6.31. The predicted molar refractivity (Wildman–Crippen MR) is 123 cm³/mol. The summed E-state index contributed by atoms with van der Waals surface area (Å²) in [6.07, 6.45) is 0.657. The number of rotatable bonds is 4. The average molecular weight is 439 g/mol. The number of nitrogens with zero attached hydrogens (tertiary/aromatic N) is 4. The van der Waals surface area contributed by atoms with Crippen LogP contribution in [0.5, 0.6) is 0 Å². The van der Waals surface area contributed by atoms with Gasteiger partial charge in [-0.2, -0.15) is 5.10 Å². The van der Waals surface area contributed by atoms with Gasteiger partial charge < -0.3 is 4.90 Å². The molecule has 0 saturated carbocycles. The number of hydrazone groups is 1. The van der Waals surface area contributed by atoms with E-state index in [-0.39, 0.29) is 18.2 Å². The maximum Gasteiger partial charge on any atom is 0.270 e. The first-order chi connectivity index (χ1) is 14.9. The highest BCUT2D eigenvalue weighted by molar-refractivity contribution is 6.40. The van der Waals surface area contributed by atoms with E-state index < -0.39 is 0 Å². The van der Waals surface area contributed by atoms with Crippen molar-refractivity contribution in [3.63, 3.8) is 0 Å². The highest BCUT2D eigenvalue weighted by atomic mass is 35.5. The van der Waals surface area contributed by atoms with E-state index in [0.29, 0.717) is 35.9 Å². The number of amides is 2. The van der Waals surface area contributed by atoms with E-state index in [1.165, 1.54) is 21.7 Å². The summed E-state index contributed by atoms with van der Waals surface area (Å²) in [4.78, 5) is 29.6. The first-order valence-electron chi connectivity index (χ1n) is 10.6. The third kappa shape index (κ3) is 4.97. The fourth-order valence-electron chi connectivity index (χ4n) is 4.05. The molecule has 7 heteroatoms. The quantitative estimate of drug-likeness (QED) is 0.729. The number of carbonyl (C=O) groups is 2. The lowest BCUT2D eigenvalue weighted by molar-refractivity contribution is -0.126. The lowest BCUT2D eigenvalue weighted by atomic mass is 10.0. The van der Waals surface area contributed by atoms with Crippen LogP contribution in [0.4, 0.5) is 5.69 Å². The lowest BCUT2D eigenvalue weighted by Gasteiger charge is -2.35. The summed E-state index contributed by atoms with van der Waals surface area (Å²) in [7, 11) is 0. The Morgan fingerprint density at radius 2 is 1.71 bits per heavy atom. The number of hydrogen-bond acceptors (Lipinski definition) is 4. The van der Waals surface area contributed by atoms with E-state index in [2.05, 4.69) is 42.0 Å². The first kappa shape index (κ1) is 21.5. The summed E-state index contributed by atoms with van der Waals surface area (Å²) in [6, 6.07) is 13.5. The Morgan fingerprint density at radius 1 is 1.00 bits per heavy atom. The molecule has 31 heavy (non-hydrogen) atoms. The molecule has 2 amide bonds. The second kappa shape index (κ2) is 9.20. The monoisotopic (exact) mass is 438 g/mol. The fourth-order valence-corrected chi connectivity index (χ4v) is 4.17. The Kier molecular flexibility index (Phi) is 6.39. The summed E-state index contributed by atoms with van der Waals surface area (Å²) >= 11 is 5.94. The molecule has 6 nitrogen and oxygen atoms in total. The van der Waals surface area contributed by atoms with Gasteiger partial charge in [0, 0.05) is 50.6 Å². The topological polar surface area (TPSA) is 56.2 Å². The summed E-state index contributed by atoms with van der Waals surface area (Å²) in [6.45, 7) is 8.13. The zero-order chi connectivity index (χ0) is 22.0. The minimum Gasteiger partial charge on any atom is -0.335 e. The number of piperazine rings is 1. The Morgan fingerprint density at radius 3 is 2.39 bits per heavy atom. The number of anilines is 1. The molecular weight excluding hydrogens is 412 g/mol. The number of benzene rings is 2. The Bertz CT molecular complexity index is 1010. The van der Waals surface area contributed by atoms with E-state index in [1.54, 1.807) is 24.3 Å². The Balaban J connectivity index is 1.39. The molecule has 1 saturated heterocycles. The molecular formula is C24H27ClN4O2. The van der Waals surface area contributed by atoms with Gasteiger partial charge in [0.1, 0.15) is 5.71 Å². The van der Waals surface area contributed by atoms with Crippen molar-refractivity contribution in [3.05, 3.63) is 64.2 Å². The Hall–Kier alpha value is -2.70. The van der Waals surface area contributed by atoms with Crippen LogP contribution in [0.1, 0.15) is 29.5 Å². The van der Waals surface area contributed by atoms with Crippen LogP contribution in [0.15, 0.2) is 47.6 Å². The van der Waals surface area contributed by atoms with E-state index in [4.69, 9.17) is 11.6 Å². The molecule has 0 atom stereocenters. The van der Waals surface area contributed by atoms with Gasteiger partial charge >= 0.3 is 0 Å². The van der Waals surface area contributed by atoms with Crippen LogP contribution in [-0.4, -0.2) is 53.5 Å². The molecule has 0 aromatic heterocycles. The molecule has 1 fully saturated rings. The van der Waals surface area contributed by atoms with Crippen LogP contribution in [0.2, 0.25) is 5.02 Å². The number of carbonyl (C=O) groups excluding carboxylic acids is 2. The zero-order valence-corrected chi connectivity index (χ0v) is 18.7. The van der Waals surface area contributed by atoms with Gasteiger partial charge in [0.15, 0.2) is 0 Å². The maximum absolute atomic E-state index is 13.1. The first-order valence-corrected chi connectivity index (χ1v) is 11.0. The van der Waals surface area contributed by atoms with Gasteiger partial charge in [-0.3, -0.25) is 14.5 Å². The average Bonchev–Trinajstić information content (AvgIpc) is 2.77. The van der Waals surface area contributed by atoms with Gasteiger partial charge in [-0.15, -0.1) is 0 Å². The smallest absolute Gasteiger partial charge is 0.270 e. The van der Waals surface area contributed by atoms with Gasteiger partial charge in [0.2, 0.25) is 5.91 Å². The van der Waals surface area contributed by atoms with Crippen LogP contribution in [0.25, 0.3) is 0 Å². The van der Waals surface area contributed by atoms with Crippen LogP contribution >= 0.6 is 11.6 Å². The standard InChI is InChI=1S/C24H27ClN4O2/c1-17-3-4-19(18(2)15-17)16-27-11-13-28(14-12-27)24(31)22-9-10-23(30)29(26-22)21-7-5-20(25)6-8-21/h3-8,15H,9-14,16H2,1-2H3. The number of halogens is 1. The molecule has 0 unspecified atom stereocenters. The fraction of sp³-hybridized carbons (Fsp3) is 0.375. The van der Waals surface area contributed by atoms with Crippen LogP contribution in [0.3, 0.4) is 0 Å². The van der Waals surface area contributed by atoms with Gasteiger partial charge in [0.25, 0.3) is 5.91 Å². The molecule has 0 bridgehead atoms. The molecule has 2 aliphatic rings. The molecule has 0 radical (unpaired) electrons. The van der Waals surface area contributed by atoms with Crippen molar-refractivity contribution in [2.24, 2.45) is 5.10 Å². The molecule has 162 valence electrons. The lowest BCUT2D eigenvalue weighted by Crippen LogP contribution is -2.51. The molecule has 0 aliphatic carbocycles.